The Hall–Kier alpha value is -1.49. The smallest absolute Gasteiger partial charge is 0.223 e. The molecular formula is C16H21F2NO2. The largest absolute Gasteiger partial charge is 0.388 e. The Kier molecular flexibility index (Phi) is 4.61. The van der Waals surface area contributed by atoms with E-state index in [0.29, 0.717) is 19.3 Å². The Labute approximate surface area is 123 Å². The van der Waals surface area contributed by atoms with Crippen molar-refractivity contribution in [3.05, 3.63) is 35.4 Å². The van der Waals surface area contributed by atoms with Crippen molar-refractivity contribution in [3.63, 3.8) is 0 Å². The molecule has 2 unspecified atom stereocenters. The highest BCUT2D eigenvalue weighted by Gasteiger charge is 2.45. The van der Waals surface area contributed by atoms with Crippen LogP contribution >= 0.6 is 0 Å². The summed E-state index contributed by atoms with van der Waals surface area (Å²) in [5, 5.41) is 12.8. The quantitative estimate of drug-likeness (QED) is 0.848. The Morgan fingerprint density at radius 1 is 1.38 bits per heavy atom. The van der Waals surface area contributed by atoms with Gasteiger partial charge in [0.25, 0.3) is 0 Å². The third-order valence-electron chi connectivity index (χ3n) is 4.42. The zero-order valence-electron chi connectivity index (χ0n) is 12.3. The molecule has 1 saturated carbocycles. The Morgan fingerprint density at radius 3 is 2.67 bits per heavy atom. The maximum Gasteiger partial charge on any atom is 0.223 e. The van der Waals surface area contributed by atoms with Gasteiger partial charge in [0.1, 0.15) is 0 Å². The highest BCUT2D eigenvalue weighted by molar-refractivity contribution is 5.83. The molecule has 1 fully saturated rings. The predicted molar refractivity (Wildman–Crippen MR) is 75.7 cm³/mol. The van der Waals surface area contributed by atoms with E-state index in [1.54, 1.807) is 0 Å². The van der Waals surface area contributed by atoms with Gasteiger partial charge in [-0.05, 0) is 36.8 Å². The summed E-state index contributed by atoms with van der Waals surface area (Å²) in [5.74, 6) is -2.55. The molecule has 0 radical (unpaired) electrons. The van der Waals surface area contributed by atoms with Crippen LogP contribution in [-0.2, 0) is 4.79 Å². The molecule has 5 heteroatoms. The van der Waals surface area contributed by atoms with Crippen LogP contribution in [0.15, 0.2) is 18.2 Å². The molecule has 0 saturated heterocycles. The van der Waals surface area contributed by atoms with Crippen molar-refractivity contribution < 1.29 is 18.7 Å². The first-order valence-corrected chi connectivity index (χ1v) is 7.36. The van der Waals surface area contributed by atoms with Gasteiger partial charge in [0, 0.05) is 12.5 Å². The SMILES string of the molecule is CCC(O)(CC)CNC(=O)C1CC1c1cccc(F)c1F. The molecule has 2 atom stereocenters. The molecular weight excluding hydrogens is 276 g/mol. The lowest BCUT2D eigenvalue weighted by molar-refractivity contribution is -0.123. The highest BCUT2D eigenvalue weighted by Crippen LogP contribution is 2.48. The molecule has 21 heavy (non-hydrogen) atoms. The number of nitrogens with one attached hydrogen (secondary N) is 1. The number of benzene rings is 1. The summed E-state index contributed by atoms with van der Waals surface area (Å²) in [4.78, 5) is 12.0. The lowest BCUT2D eigenvalue weighted by Gasteiger charge is -2.25. The van der Waals surface area contributed by atoms with Crippen LogP contribution in [0, 0.1) is 17.6 Å². The molecule has 0 spiro atoms. The van der Waals surface area contributed by atoms with Crippen molar-refractivity contribution in [2.24, 2.45) is 5.92 Å². The van der Waals surface area contributed by atoms with Gasteiger partial charge < -0.3 is 10.4 Å². The van der Waals surface area contributed by atoms with E-state index in [-0.39, 0.29) is 29.9 Å². The van der Waals surface area contributed by atoms with Gasteiger partial charge in [-0.2, -0.15) is 0 Å². The topological polar surface area (TPSA) is 49.3 Å². The zero-order chi connectivity index (χ0) is 15.6. The van der Waals surface area contributed by atoms with Gasteiger partial charge in [-0.1, -0.05) is 26.0 Å². The average molecular weight is 297 g/mol. The molecule has 2 rings (SSSR count). The fraction of sp³-hybridized carbons (Fsp3) is 0.562. The van der Waals surface area contributed by atoms with Crippen LogP contribution in [0.4, 0.5) is 8.78 Å². The molecule has 1 aliphatic rings. The Balaban J connectivity index is 1.94. The first-order valence-electron chi connectivity index (χ1n) is 7.36. The van der Waals surface area contributed by atoms with Gasteiger partial charge in [-0.3, -0.25) is 4.79 Å². The number of rotatable bonds is 6. The summed E-state index contributed by atoms with van der Waals surface area (Å²) in [6, 6.07) is 4.04. The van der Waals surface area contributed by atoms with Crippen LogP contribution < -0.4 is 5.32 Å². The minimum absolute atomic E-state index is 0.188. The number of hydrogen-bond donors (Lipinski definition) is 2. The second-order valence-corrected chi connectivity index (χ2v) is 5.74. The minimum atomic E-state index is -0.899. The first-order chi connectivity index (χ1) is 9.91. The molecule has 0 aliphatic heterocycles. The number of halogens is 2. The van der Waals surface area contributed by atoms with E-state index in [1.165, 1.54) is 12.1 Å². The highest BCUT2D eigenvalue weighted by atomic mass is 19.2. The monoisotopic (exact) mass is 297 g/mol. The van der Waals surface area contributed by atoms with Crippen LogP contribution in [0.2, 0.25) is 0 Å². The lowest BCUT2D eigenvalue weighted by atomic mass is 9.97. The molecule has 0 heterocycles. The van der Waals surface area contributed by atoms with E-state index < -0.39 is 17.2 Å². The maximum atomic E-state index is 13.7. The van der Waals surface area contributed by atoms with Crippen LogP contribution in [0.1, 0.15) is 44.6 Å². The van der Waals surface area contributed by atoms with Crippen LogP contribution in [-0.4, -0.2) is 23.2 Å². The number of carbonyl (C=O) groups is 1. The second kappa shape index (κ2) is 6.10. The van der Waals surface area contributed by atoms with Crippen molar-refractivity contribution in [2.45, 2.75) is 44.6 Å². The van der Waals surface area contributed by atoms with Gasteiger partial charge in [-0.25, -0.2) is 8.78 Å². The maximum absolute atomic E-state index is 13.7. The summed E-state index contributed by atoms with van der Waals surface area (Å²) >= 11 is 0. The summed E-state index contributed by atoms with van der Waals surface area (Å²) in [7, 11) is 0. The van der Waals surface area contributed by atoms with Crippen molar-refractivity contribution in [1.82, 2.24) is 5.32 Å². The molecule has 2 N–H and O–H groups in total. The van der Waals surface area contributed by atoms with E-state index >= 15 is 0 Å². The minimum Gasteiger partial charge on any atom is -0.388 e. The van der Waals surface area contributed by atoms with Gasteiger partial charge in [0.05, 0.1) is 5.60 Å². The van der Waals surface area contributed by atoms with E-state index in [4.69, 9.17) is 0 Å². The number of aliphatic hydroxyl groups is 1. The lowest BCUT2D eigenvalue weighted by Crippen LogP contribution is -2.42. The third kappa shape index (κ3) is 3.40. The zero-order valence-corrected chi connectivity index (χ0v) is 12.3. The van der Waals surface area contributed by atoms with Gasteiger partial charge in [0.15, 0.2) is 11.6 Å². The third-order valence-corrected chi connectivity index (χ3v) is 4.42. The molecule has 116 valence electrons. The van der Waals surface area contributed by atoms with Crippen molar-refractivity contribution >= 4 is 5.91 Å². The van der Waals surface area contributed by atoms with Gasteiger partial charge in [-0.15, -0.1) is 0 Å². The summed E-state index contributed by atoms with van der Waals surface area (Å²) < 4.78 is 26.8. The second-order valence-electron chi connectivity index (χ2n) is 5.74. The van der Waals surface area contributed by atoms with Crippen LogP contribution in [0.3, 0.4) is 0 Å². The van der Waals surface area contributed by atoms with Crippen molar-refractivity contribution in [2.75, 3.05) is 6.54 Å². The van der Waals surface area contributed by atoms with E-state index in [9.17, 15) is 18.7 Å². The number of carbonyl (C=O) groups excluding carboxylic acids is 1. The predicted octanol–water partition coefficient (Wildman–Crippen LogP) is 2.74. The van der Waals surface area contributed by atoms with E-state index in [1.807, 2.05) is 13.8 Å². The normalized spacial score (nSPS) is 21.2. The number of amides is 1. The standard InChI is InChI=1S/C16H21F2NO2/c1-3-16(21,4-2)9-19-15(20)12-8-11(12)10-6-5-7-13(17)14(10)18/h5-7,11-12,21H,3-4,8-9H2,1-2H3,(H,19,20). The molecule has 1 aliphatic carbocycles. The summed E-state index contributed by atoms with van der Waals surface area (Å²) in [6.45, 7) is 3.91. The molecule has 3 nitrogen and oxygen atoms in total. The van der Waals surface area contributed by atoms with E-state index in [0.717, 1.165) is 6.07 Å². The Morgan fingerprint density at radius 2 is 2.05 bits per heavy atom. The van der Waals surface area contributed by atoms with Gasteiger partial charge >= 0.3 is 0 Å². The number of hydrogen-bond acceptors (Lipinski definition) is 2. The van der Waals surface area contributed by atoms with Crippen molar-refractivity contribution in [3.8, 4) is 0 Å². The van der Waals surface area contributed by atoms with E-state index in [2.05, 4.69) is 5.32 Å². The van der Waals surface area contributed by atoms with Gasteiger partial charge in [0.2, 0.25) is 5.91 Å². The van der Waals surface area contributed by atoms with Crippen LogP contribution in [0.25, 0.3) is 0 Å². The molecule has 0 aromatic heterocycles. The fourth-order valence-electron chi connectivity index (χ4n) is 2.52. The molecule has 1 aromatic rings. The first kappa shape index (κ1) is 15.9. The summed E-state index contributed by atoms with van der Waals surface area (Å²) in [5.41, 5.74) is -0.638. The molecule has 1 amide bonds. The molecule has 1 aromatic carbocycles. The van der Waals surface area contributed by atoms with Crippen LogP contribution in [0.5, 0.6) is 0 Å². The summed E-state index contributed by atoms with van der Waals surface area (Å²) in [6.07, 6.45) is 1.62. The average Bonchev–Trinajstić information content (AvgIpc) is 3.27. The Bertz CT molecular complexity index is 529. The van der Waals surface area contributed by atoms with Crippen molar-refractivity contribution in [1.29, 1.82) is 0 Å². The molecule has 0 bridgehead atoms. The fourth-order valence-corrected chi connectivity index (χ4v) is 2.52.